The molecule has 0 aliphatic carbocycles. The third-order valence-electron chi connectivity index (χ3n) is 3.21. The second-order valence-corrected chi connectivity index (χ2v) is 5.43. The fourth-order valence-electron chi connectivity index (χ4n) is 2.06. The number of pyridine rings is 1. The van der Waals surface area contributed by atoms with Gasteiger partial charge in [-0.1, -0.05) is 0 Å². The first-order chi connectivity index (χ1) is 10.9. The summed E-state index contributed by atoms with van der Waals surface area (Å²) in [5.41, 5.74) is 2.47. The minimum absolute atomic E-state index is 0.111. The molecule has 0 saturated carbocycles. The van der Waals surface area contributed by atoms with Crippen LogP contribution in [0.3, 0.4) is 0 Å². The maximum absolute atomic E-state index is 12.1. The van der Waals surface area contributed by atoms with Crippen molar-refractivity contribution in [1.82, 2.24) is 0 Å². The second kappa shape index (κ2) is 7.40. The van der Waals surface area contributed by atoms with E-state index in [2.05, 4.69) is 10.6 Å². The van der Waals surface area contributed by atoms with E-state index in [1.165, 1.54) is 6.92 Å². The van der Waals surface area contributed by atoms with Crippen molar-refractivity contribution in [2.24, 2.45) is 0 Å². The zero-order chi connectivity index (χ0) is 16.8. The van der Waals surface area contributed by atoms with Crippen molar-refractivity contribution in [3.8, 4) is 0 Å². The molecule has 0 radical (unpaired) electrons. The summed E-state index contributed by atoms with van der Waals surface area (Å²) in [4.78, 5) is 25.0. The van der Waals surface area contributed by atoms with E-state index in [1.807, 2.05) is 48.1 Å². The van der Waals surface area contributed by atoms with Gasteiger partial charge in [0.05, 0.1) is 0 Å². The molecule has 0 unspecified atom stereocenters. The highest BCUT2D eigenvalue weighted by Gasteiger charge is 2.10. The molecule has 1 aromatic carbocycles. The fraction of sp³-hybridized carbons (Fsp3) is 0.235. The van der Waals surface area contributed by atoms with Gasteiger partial charge in [-0.15, -0.1) is 0 Å². The lowest BCUT2D eigenvalue weighted by molar-refractivity contribution is -0.684. The molecule has 6 heteroatoms. The van der Waals surface area contributed by atoms with Crippen LogP contribution in [0.5, 0.6) is 0 Å². The number of hydrogen-bond acceptors (Lipinski definition) is 3. The van der Waals surface area contributed by atoms with Gasteiger partial charge in [-0.25, -0.2) is 0 Å². The number of nitrogens with zero attached hydrogens (tertiary/aromatic N) is 2. The van der Waals surface area contributed by atoms with E-state index >= 15 is 0 Å². The van der Waals surface area contributed by atoms with Crippen molar-refractivity contribution in [2.45, 2.75) is 13.5 Å². The predicted octanol–water partition coefficient (Wildman–Crippen LogP) is 1.64. The number of nitrogens with one attached hydrogen (secondary N) is 2. The molecule has 2 amide bonds. The van der Waals surface area contributed by atoms with Crippen molar-refractivity contribution in [2.75, 3.05) is 29.6 Å². The zero-order valence-electron chi connectivity index (χ0n) is 13.5. The minimum Gasteiger partial charge on any atom is -0.377 e. The molecule has 0 aliphatic rings. The SMILES string of the molecule is CC(=O)Nc1ccc(NC(=O)C[n+]2ccc(N(C)C)cc2)cc1. The Morgan fingerprint density at radius 1 is 0.957 bits per heavy atom. The molecule has 0 aliphatic heterocycles. The topological polar surface area (TPSA) is 65.3 Å². The van der Waals surface area contributed by atoms with Gasteiger partial charge in [0.15, 0.2) is 12.4 Å². The Morgan fingerprint density at radius 3 is 1.96 bits per heavy atom. The van der Waals surface area contributed by atoms with Crippen LogP contribution in [0.4, 0.5) is 17.1 Å². The summed E-state index contributed by atoms with van der Waals surface area (Å²) in [6.07, 6.45) is 3.74. The van der Waals surface area contributed by atoms with Crippen LogP contribution in [0.15, 0.2) is 48.8 Å². The molecule has 0 atom stereocenters. The molecule has 0 saturated heterocycles. The molecule has 23 heavy (non-hydrogen) atoms. The van der Waals surface area contributed by atoms with Gasteiger partial charge in [-0.2, -0.15) is 4.57 Å². The monoisotopic (exact) mass is 313 g/mol. The van der Waals surface area contributed by atoms with Crippen molar-refractivity contribution >= 4 is 28.9 Å². The molecule has 1 heterocycles. The molecule has 2 rings (SSSR count). The number of carbonyl (C=O) groups excluding carboxylic acids is 2. The normalized spacial score (nSPS) is 10.0. The van der Waals surface area contributed by atoms with Gasteiger partial charge >= 0.3 is 0 Å². The van der Waals surface area contributed by atoms with Crippen molar-refractivity contribution in [3.05, 3.63) is 48.8 Å². The number of rotatable bonds is 5. The van der Waals surface area contributed by atoms with Crippen LogP contribution >= 0.6 is 0 Å². The Morgan fingerprint density at radius 2 is 1.48 bits per heavy atom. The molecule has 0 spiro atoms. The van der Waals surface area contributed by atoms with E-state index in [4.69, 9.17) is 0 Å². The second-order valence-electron chi connectivity index (χ2n) is 5.43. The Labute approximate surface area is 135 Å². The van der Waals surface area contributed by atoms with E-state index in [9.17, 15) is 9.59 Å². The summed E-state index contributed by atoms with van der Waals surface area (Å²) < 4.78 is 1.81. The standard InChI is InChI=1S/C17H20N4O2/c1-13(22)18-14-4-6-15(7-5-14)19-17(23)12-21-10-8-16(9-11-21)20(2)3/h4-11H,12H2,1-3H3,(H-,18,19,22,23)/p+1. The van der Waals surface area contributed by atoms with Crippen LogP contribution in [0.2, 0.25) is 0 Å². The smallest absolute Gasteiger partial charge is 0.290 e. The first-order valence-corrected chi connectivity index (χ1v) is 7.28. The zero-order valence-corrected chi connectivity index (χ0v) is 13.5. The molecule has 1 aromatic heterocycles. The molecular weight excluding hydrogens is 292 g/mol. The summed E-state index contributed by atoms with van der Waals surface area (Å²) in [7, 11) is 3.94. The number of amides is 2. The maximum atomic E-state index is 12.1. The maximum Gasteiger partial charge on any atom is 0.290 e. The first kappa shape index (κ1) is 16.5. The van der Waals surface area contributed by atoms with Crippen molar-refractivity contribution < 1.29 is 14.2 Å². The Kier molecular flexibility index (Phi) is 5.30. The minimum atomic E-state index is -0.126. The van der Waals surface area contributed by atoms with Crippen LogP contribution in [0.1, 0.15) is 6.92 Å². The van der Waals surface area contributed by atoms with Gasteiger partial charge in [0.1, 0.15) is 0 Å². The van der Waals surface area contributed by atoms with Crippen LogP contribution in [-0.2, 0) is 16.1 Å². The van der Waals surface area contributed by atoms with E-state index in [0.29, 0.717) is 11.4 Å². The van der Waals surface area contributed by atoms with Crippen LogP contribution in [0, 0.1) is 0 Å². The molecule has 2 aromatic rings. The van der Waals surface area contributed by atoms with Gasteiger partial charge < -0.3 is 15.5 Å². The summed E-state index contributed by atoms with van der Waals surface area (Å²) in [6.45, 7) is 1.69. The number of hydrogen-bond donors (Lipinski definition) is 2. The van der Waals surface area contributed by atoms with Crippen molar-refractivity contribution in [1.29, 1.82) is 0 Å². The number of aromatic nitrogens is 1. The van der Waals surface area contributed by atoms with E-state index in [1.54, 1.807) is 24.3 Å². The van der Waals surface area contributed by atoms with Crippen LogP contribution < -0.4 is 20.1 Å². The van der Waals surface area contributed by atoms with E-state index in [0.717, 1.165) is 5.69 Å². The number of carbonyl (C=O) groups is 2. The van der Waals surface area contributed by atoms with Gasteiger partial charge in [0.25, 0.3) is 5.91 Å². The highest BCUT2D eigenvalue weighted by Crippen LogP contribution is 2.13. The lowest BCUT2D eigenvalue weighted by atomic mass is 10.2. The summed E-state index contributed by atoms with van der Waals surface area (Å²) in [6, 6.07) is 10.9. The number of benzene rings is 1. The lowest BCUT2D eigenvalue weighted by Crippen LogP contribution is -2.39. The predicted molar refractivity (Wildman–Crippen MR) is 90.3 cm³/mol. The third-order valence-corrected chi connectivity index (χ3v) is 3.21. The third kappa shape index (κ3) is 5.10. The summed E-state index contributed by atoms with van der Waals surface area (Å²) >= 11 is 0. The largest absolute Gasteiger partial charge is 0.377 e. The Balaban J connectivity index is 1.92. The Bertz CT molecular complexity index is 679. The summed E-state index contributed by atoms with van der Waals surface area (Å²) in [5.74, 6) is -0.237. The molecule has 2 N–H and O–H groups in total. The molecule has 6 nitrogen and oxygen atoms in total. The van der Waals surface area contributed by atoms with E-state index < -0.39 is 0 Å². The highest BCUT2D eigenvalue weighted by atomic mass is 16.2. The van der Waals surface area contributed by atoms with Crippen LogP contribution in [0.25, 0.3) is 0 Å². The average Bonchev–Trinajstić information content (AvgIpc) is 2.49. The van der Waals surface area contributed by atoms with E-state index in [-0.39, 0.29) is 18.4 Å². The molecular formula is C17H21N4O2+. The number of anilines is 3. The average molecular weight is 313 g/mol. The van der Waals surface area contributed by atoms with Gasteiger partial charge in [-0.3, -0.25) is 9.59 Å². The van der Waals surface area contributed by atoms with Crippen LogP contribution in [-0.4, -0.2) is 25.9 Å². The quantitative estimate of drug-likeness (QED) is 0.825. The van der Waals surface area contributed by atoms with Gasteiger partial charge in [0.2, 0.25) is 12.5 Å². The molecule has 120 valence electrons. The fourth-order valence-corrected chi connectivity index (χ4v) is 2.06. The summed E-state index contributed by atoms with van der Waals surface area (Å²) in [5, 5.41) is 5.51. The highest BCUT2D eigenvalue weighted by molar-refractivity contribution is 5.91. The molecule has 0 bridgehead atoms. The molecule has 0 fully saturated rings. The van der Waals surface area contributed by atoms with Gasteiger partial charge in [-0.05, 0) is 24.3 Å². The Hall–Kier alpha value is -2.89. The lowest BCUT2D eigenvalue weighted by Gasteiger charge is -2.10. The first-order valence-electron chi connectivity index (χ1n) is 7.28. The van der Waals surface area contributed by atoms with Crippen molar-refractivity contribution in [3.63, 3.8) is 0 Å². The van der Waals surface area contributed by atoms with Gasteiger partial charge in [0, 0.05) is 50.2 Å².